The highest BCUT2D eigenvalue weighted by molar-refractivity contribution is 5.97. The van der Waals surface area contributed by atoms with E-state index in [0.29, 0.717) is 45.1 Å². The zero-order valence-electron chi connectivity index (χ0n) is 28.4. The molecule has 0 aromatic heterocycles. The summed E-state index contributed by atoms with van der Waals surface area (Å²) in [4.78, 5) is 26.4. The Balaban J connectivity index is 1.33. The highest BCUT2D eigenvalue weighted by atomic mass is 19.4. The van der Waals surface area contributed by atoms with Crippen molar-refractivity contribution in [3.05, 3.63) is 138 Å². The number of amides is 1. The normalized spacial score (nSPS) is 12.0. The van der Waals surface area contributed by atoms with E-state index in [2.05, 4.69) is 23.1 Å². The number of nitrogens with zero attached hydrogens (tertiary/aromatic N) is 1. The van der Waals surface area contributed by atoms with E-state index < -0.39 is 24.1 Å². The van der Waals surface area contributed by atoms with E-state index in [1.165, 1.54) is 0 Å². The van der Waals surface area contributed by atoms with E-state index in [9.17, 15) is 22.8 Å². The standard InChI is InChI=1S/C41H41F3N2O5/c1-2-51-39(47)37(45-40(48)41(42,43)44)26-32-15-9-16-33(25-32)34-19-20-36-35(27-34)17-10-18-38(36)46(21-23-49-28-30-11-5-3-6-12-30)22-24-50-29-31-13-7-4-8-14-31/h3-20,25,27,37H,2,21-24,26,28-29H2,1H3,(H,45,48)/t37-/m0/s1. The Morgan fingerprint density at radius 3 is 1.90 bits per heavy atom. The number of fused-ring (bicyclic) bond motifs is 1. The summed E-state index contributed by atoms with van der Waals surface area (Å²) < 4.78 is 56.0. The van der Waals surface area contributed by atoms with Crippen LogP contribution in [-0.4, -0.2) is 57.0 Å². The third-order valence-electron chi connectivity index (χ3n) is 8.27. The molecule has 0 heterocycles. The average molecular weight is 699 g/mol. The molecule has 51 heavy (non-hydrogen) atoms. The molecule has 5 rings (SSSR count). The number of benzene rings is 5. The number of hydrogen-bond donors (Lipinski definition) is 1. The fraction of sp³-hybridized carbons (Fsp3) is 0.268. The molecule has 266 valence electrons. The zero-order chi connectivity index (χ0) is 36.1. The van der Waals surface area contributed by atoms with Gasteiger partial charge < -0.3 is 24.4 Å². The smallest absolute Gasteiger partial charge is 0.464 e. The quantitative estimate of drug-likeness (QED) is 0.0787. The molecule has 10 heteroatoms. The monoisotopic (exact) mass is 698 g/mol. The van der Waals surface area contributed by atoms with Crippen LogP contribution in [-0.2, 0) is 43.4 Å². The molecule has 5 aromatic rings. The molecular weight excluding hydrogens is 657 g/mol. The lowest BCUT2D eigenvalue weighted by Gasteiger charge is -2.26. The molecule has 0 saturated heterocycles. The van der Waals surface area contributed by atoms with Gasteiger partial charge in [0.05, 0.1) is 33.0 Å². The molecule has 0 aliphatic heterocycles. The van der Waals surface area contributed by atoms with Crippen LogP contribution in [0.5, 0.6) is 0 Å². The Morgan fingerprint density at radius 2 is 1.29 bits per heavy atom. The summed E-state index contributed by atoms with van der Waals surface area (Å²) in [5, 5.41) is 3.82. The van der Waals surface area contributed by atoms with Gasteiger partial charge in [0.1, 0.15) is 6.04 Å². The number of hydrogen-bond acceptors (Lipinski definition) is 6. The van der Waals surface area contributed by atoms with Crippen LogP contribution >= 0.6 is 0 Å². The van der Waals surface area contributed by atoms with Crippen molar-refractivity contribution in [1.29, 1.82) is 0 Å². The maximum absolute atomic E-state index is 13.0. The first-order valence-corrected chi connectivity index (χ1v) is 16.9. The number of anilines is 1. The van der Waals surface area contributed by atoms with Gasteiger partial charge in [-0.1, -0.05) is 109 Å². The SMILES string of the molecule is CCOC(=O)[C@H](Cc1cccc(-c2ccc3c(N(CCOCc4ccccc4)CCOCc4ccccc4)cccc3c2)c1)NC(=O)C(F)(F)F. The molecule has 1 amide bonds. The number of carbonyl (C=O) groups excluding carboxylic acids is 2. The molecule has 0 spiro atoms. The van der Waals surface area contributed by atoms with E-state index in [4.69, 9.17) is 14.2 Å². The first-order valence-electron chi connectivity index (χ1n) is 16.9. The first-order chi connectivity index (χ1) is 24.7. The van der Waals surface area contributed by atoms with Gasteiger partial charge in [-0.2, -0.15) is 13.2 Å². The number of halogens is 3. The van der Waals surface area contributed by atoms with Gasteiger partial charge in [0, 0.05) is 30.6 Å². The molecular formula is C41H41F3N2O5. The van der Waals surface area contributed by atoms with Gasteiger partial charge in [0.15, 0.2) is 0 Å². The molecule has 0 unspecified atom stereocenters. The van der Waals surface area contributed by atoms with Crippen molar-refractivity contribution in [3.8, 4) is 11.1 Å². The predicted molar refractivity (Wildman–Crippen MR) is 192 cm³/mol. The molecule has 0 saturated carbocycles. The van der Waals surface area contributed by atoms with Gasteiger partial charge in [0.25, 0.3) is 0 Å². The largest absolute Gasteiger partial charge is 0.471 e. The maximum atomic E-state index is 13.0. The van der Waals surface area contributed by atoms with Crippen LogP contribution in [0.4, 0.5) is 18.9 Å². The summed E-state index contributed by atoms with van der Waals surface area (Å²) in [6.45, 7) is 4.89. The van der Waals surface area contributed by atoms with E-state index >= 15 is 0 Å². The van der Waals surface area contributed by atoms with Crippen molar-refractivity contribution in [1.82, 2.24) is 5.32 Å². The van der Waals surface area contributed by atoms with Gasteiger partial charge in [-0.3, -0.25) is 4.79 Å². The second-order valence-electron chi connectivity index (χ2n) is 12.0. The molecule has 0 radical (unpaired) electrons. The summed E-state index contributed by atoms with van der Waals surface area (Å²) in [5.74, 6) is -3.12. The molecule has 0 bridgehead atoms. The fourth-order valence-corrected chi connectivity index (χ4v) is 5.74. The van der Waals surface area contributed by atoms with Crippen LogP contribution in [0, 0.1) is 0 Å². The molecule has 5 aromatic carbocycles. The van der Waals surface area contributed by atoms with Gasteiger partial charge in [-0.25, -0.2) is 4.79 Å². The minimum atomic E-state index is -5.13. The van der Waals surface area contributed by atoms with Crippen LogP contribution in [0.2, 0.25) is 0 Å². The average Bonchev–Trinajstić information content (AvgIpc) is 3.14. The Labute approximate surface area is 295 Å². The number of rotatable bonds is 17. The van der Waals surface area contributed by atoms with Crippen LogP contribution < -0.4 is 10.2 Å². The Kier molecular flexibility index (Phi) is 13.2. The van der Waals surface area contributed by atoms with E-state index in [-0.39, 0.29) is 13.0 Å². The summed E-state index contributed by atoms with van der Waals surface area (Å²) in [6, 6.07) is 38.0. The molecule has 1 N–H and O–H groups in total. The maximum Gasteiger partial charge on any atom is 0.471 e. The van der Waals surface area contributed by atoms with Crippen molar-refractivity contribution in [2.45, 2.75) is 38.8 Å². The number of alkyl halides is 3. The van der Waals surface area contributed by atoms with Crippen LogP contribution in [0.1, 0.15) is 23.6 Å². The highest BCUT2D eigenvalue weighted by Gasteiger charge is 2.41. The highest BCUT2D eigenvalue weighted by Crippen LogP contribution is 2.31. The topological polar surface area (TPSA) is 77.1 Å². The van der Waals surface area contributed by atoms with Gasteiger partial charge in [0.2, 0.25) is 0 Å². The van der Waals surface area contributed by atoms with Gasteiger partial charge in [-0.05, 0) is 52.3 Å². The lowest BCUT2D eigenvalue weighted by atomic mass is 9.97. The molecule has 0 aliphatic rings. The number of ether oxygens (including phenoxy) is 3. The zero-order valence-corrected chi connectivity index (χ0v) is 28.4. The van der Waals surface area contributed by atoms with Crippen LogP contribution in [0.15, 0.2) is 121 Å². The molecule has 0 aliphatic carbocycles. The lowest BCUT2D eigenvalue weighted by Crippen LogP contribution is -2.48. The molecule has 7 nitrogen and oxygen atoms in total. The van der Waals surface area contributed by atoms with E-state index in [1.807, 2.05) is 84.9 Å². The van der Waals surface area contributed by atoms with Crippen molar-refractivity contribution in [2.24, 2.45) is 0 Å². The van der Waals surface area contributed by atoms with Crippen molar-refractivity contribution < 1.29 is 37.0 Å². The summed E-state index contributed by atoms with van der Waals surface area (Å²) >= 11 is 0. The predicted octanol–water partition coefficient (Wildman–Crippen LogP) is 7.90. The van der Waals surface area contributed by atoms with Crippen molar-refractivity contribution >= 4 is 28.3 Å². The van der Waals surface area contributed by atoms with E-state index in [0.717, 1.165) is 38.7 Å². The summed E-state index contributed by atoms with van der Waals surface area (Å²) in [6.07, 6.45) is -5.30. The summed E-state index contributed by atoms with van der Waals surface area (Å²) in [7, 11) is 0. The fourth-order valence-electron chi connectivity index (χ4n) is 5.74. The van der Waals surface area contributed by atoms with Crippen LogP contribution in [0.25, 0.3) is 21.9 Å². The number of nitrogens with one attached hydrogen (secondary N) is 1. The first kappa shape index (κ1) is 37.1. The summed E-state index contributed by atoms with van der Waals surface area (Å²) in [5.41, 5.74) is 5.53. The Hall–Kier alpha value is -5.19. The van der Waals surface area contributed by atoms with Crippen LogP contribution in [0.3, 0.4) is 0 Å². The Bertz CT molecular complexity index is 1820. The Morgan fingerprint density at radius 1 is 0.706 bits per heavy atom. The minimum Gasteiger partial charge on any atom is -0.464 e. The van der Waals surface area contributed by atoms with Crippen molar-refractivity contribution in [3.63, 3.8) is 0 Å². The third-order valence-corrected chi connectivity index (χ3v) is 8.27. The minimum absolute atomic E-state index is 0.0325. The van der Waals surface area contributed by atoms with Gasteiger partial charge >= 0.3 is 18.1 Å². The molecule has 1 atom stereocenters. The number of esters is 1. The number of carbonyl (C=O) groups is 2. The lowest BCUT2D eigenvalue weighted by molar-refractivity contribution is -0.175. The third kappa shape index (κ3) is 10.9. The second kappa shape index (κ2) is 18.2. The second-order valence-corrected chi connectivity index (χ2v) is 12.0. The van der Waals surface area contributed by atoms with Gasteiger partial charge in [-0.15, -0.1) is 0 Å². The molecule has 0 fully saturated rings. The van der Waals surface area contributed by atoms with Crippen molar-refractivity contribution in [2.75, 3.05) is 37.8 Å². The van der Waals surface area contributed by atoms with E-state index in [1.54, 1.807) is 30.4 Å².